The van der Waals surface area contributed by atoms with Crippen molar-refractivity contribution < 1.29 is 4.79 Å². The molecule has 2 aliphatic carbocycles. The molecular weight excluding hydrogens is 308 g/mol. The Labute approximate surface area is 151 Å². The average molecular weight is 338 g/mol. The minimum atomic E-state index is 0.235. The summed E-state index contributed by atoms with van der Waals surface area (Å²) in [5.74, 6) is 0.799. The Kier molecular flexibility index (Phi) is 3.70. The maximum Gasteiger partial charge on any atom is 0.226 e. The highest BCUT2D eigenvalue weighted by atomic mass is 16.2. The van der Waals surface area contributed by atoms with E-state index in [2.05, 4.69) is 34.5 Å². The predicted molar refractivity (Wildman–Crippen MR) is 99.5 cm³/mol. The molecule has 2 spiro atoms. The van der Waals surface area contributed by atoms with Crippen LogP contribution in [0.1, 0.15) is 56.1 Å². The Morgan fingerprint density at radius 2 is 1.88 bits per heavy atom. The van der Waals surface area contributed by atoms with Crippen molar-refractivity contribution in [3.63, 3.8) is 0 Å². The summed E-state index contributed by atoms with van der Waals surface area (Å²) in [7, 11) is 0. The van der Waals surface area contributed by atoms with E-state index >= 15 is 0 Å². The lowest BCUT2D eigenvalue weighted by Crippen LogP contribution is -2.50. The van der Waals surface area contributed by atoms with Crippen molar-refractivity contribution in [2.75, 3.05) is 26.2 Å². The molecule has 134 valence electrons. The van der Waals surface area contributed by atoms with Gasteiger partial charge in [0.2, 0.25) is 5.91 Å². The van der Waals surface area contributed by atoms with Crippen LogP contribution >= 0.6 is 0 Å². The first-order chi connectivity index (χ1) is 12.2. The number of carbonyl (C=O) groups excluding carboxylic acids is 1. The Morgan fingerprint density at radius 1 is 1.08 bits per heavy atom. The zero-order valence-electron chi connectivity index (χ0n) is 15.2. The smallest absolute Gasteiger partial charge is 0.226 e. The van der Waals surface area contributed by atoms with Crippen LogP contribution in [-0.2, 0) is 16.6 Å². The predicted octanol–water partition coefficient (Wildman–Crippen LogP) is 3.27. The molecule has 1 aromatic carbocycles. The quantitative estimate of drug-likeness (QED) is 0.852. The molecule has 2 atom stereocenters. The third kappa shape index (κ3) is 2.54. The number of fused-ring (bicyclic) bond motifs is 2. The van der Waals surface area contributed by atoms with Crippen LogP contribution in [0.5, 0.6) is 0 Å². The molecule has 0 bridgehead atoms. The van der Waals surface area contributed by atoms with Crippen molar-refractivity contribution in [2.24, 2.45) is 11.3 Å². The number of nitrogens with zero attached hydrogens (tertiary/aromatic N) is 1. The van der Waals surface area contributed by atoms with Gasteiger partial charge in [0.25, 0.3) is 0 Å². The average Bonchev–Trinajstić information content (AvgIpc) is 3.35. The molecule has 3 fully saturated rings. The van der Waals surface area contributed by atoms with Crippen LogP contribution in [-0.4, -0.2) is 37.0 Å². The van der Waals surface area contributed by atoms with Crippen LogP contribution in [0.25, 0.3) is 0 Å². The Bertz CT molecular complexity index is 678. The van der Waals surface area contributed by atoms with Crippen LogP contribution in [0.3, 0.4) is 0 Å². The highest BCUT2D eigenvalue weighted by Gasteiger charge is 2.59. The molecule has 2 saturated heterocycles. The summed E-state index contributed by atoms with van der Waals surface area (Å²) in [6.45, 7) is 4.14. The van der Waals surface area contributed by atoms with E-state index in [-0.39, 0.29) is 5.41 Å². The number of benzene rings is 1. The van der Waals surface area contributed by atoms with E-state index in [1.807, 2.05) is 0 Å². The van der Waals surface area contributed by atoms with E-state index in [4.69, 9.17) is 0 Å². The first-order valence-electron chi connectivity index (χ1n) is 10.3. The van der Waals surface area contributed by atoms with Crippen molar-refractivity contribution in [1.29, 1.82) is 0 Å². The number of carbonyl (C=O) groups is 1. The second-order valence-electron chi connectivity index (χ2n) is 9.02. The molecule has 0 radical (unpaired) electrons. The van der Waals surface area contributed by atoms with Gasteiger partial charge in [-0.1, -0.05) is 24.3 Å². The molecular formula is C22H30N2O. The first kappa shape index (κ1) is 15.9. The number of piperidine rings is 2. The normalized spacial score (nSPS) is 33.3. The van der Waals surface area contributed by atoms with Gasteiger partial charge in [-0.05, 0) is 81.0 Å². The number of amides is 1. The van der Waals surface area contributed by atoms with Gasteiger partial charge in [0.15, 0.2) is 0 Å². The maximum absolute atomic E-state index is 13.3. The zero-order valence-corrected chi connectivity index (χ0v) is 15.2. The molecule has 1 amide bonds. The molecule has 3 nitrogen and oxygen atoms in total. The number of likely N-dealkylation sites (tertiary alicyclic amines) is 1. The number of hydrogen-bond acceptors (Lipinski definition) is 2. The highest BCUT2D eigenvalue weighted by molar-refractivity contribution is 5.83. The van der Waals surface area contributed by atoms with Gasteiger partial charge in [-0.2, -0.15) is 0 Å². The number of aryl methyl sites for hydroxylation is 1. The second kappa shape index (κ2) is 5.84. The molecule has 2 aliphatic heterocycles. The fourth-order valence-electron chi connectivity index (χ4n) is 6.15. The van der Waals surface area contributed by atoms with Gasteiger partial charge in [-0.15, -0.1) is 0 Å². The first-order valence-corrected chi connectivity index (χ1v) is 10.3. The highest BCUT2D eigenvalue weighted by Crippen LogP contribution is 2.59. The van der Waals surface area contributed by atoms with Crippen molar-refractivity contribution in [3.8, 4) is 0 Å². The van der Waals surface area contributed by atoms with Gasteiger partial charge in [0.05, 0.1) is 0 Å². The van der Waals surface area contributed by atoms with Gasteiger partial charge in [0.1, 0.15) is 0 Å². The lowest BCUT2D eigenvalue weighted by molar-refractivity contribution is -0.136. The molecule has 25 heavy (non-hydrogen) atoms. The number of nitrogens with one attached hydrogen (secondary N) is 1. The van der Waals surface area contributed by atoms with Gasteiger partial charge in [0, 0.05) is 24.4 Å². The van der Waals surface area contributed by atoms with Crippen molar-refractivity contribution in [1.82, 2.24) is 10.2 Å². The standard InChI is InChI=1S/C22H30N2O/c25-20(19-15-21(19)10-12-23-13-11-21)24-14-4-9-22(16-24)8-3-6-17-5-1-2-7-18(17)22/h1-2,5,7,19,23H,3-4,6,8-16H2. The topological polar surface area (TPSA) is 32.3 Å². The lowest BCUT2D eigenvalue weighted by atomic mass is 9.66. The fourth-order valence-corrected chi connectivity index (χ4v) is 6.15. The summed E-state index contributed by atoms with van der Waals surface area (Å²) in [5, 5.41) is 3.45. The van der Waals surface area contributed by atoms with Crippen LogP contribution < -0.4 is 5.32 Å². The summed E-state index contributed by atoms with van der Waals surface area (Å²) in [5.41, 5.74) is 3.67. The van der Waals surface area contributed by atoms with Crippen LogP contribution in [0.15, 0.2) is 24.3 Å². The van der Waals surface area contributed by atoms with E-state index < -0.39 is 0 Å². The van der Waals surface area contributed by atoms with E-state index in [9.17, 15) is 4.79 Å². The largest absolute Gasteiger partial charge is 0.342 e. The summed E-state index contributed by atoms with van der Waals surface area (Å²) in [6.07, 6.45) is 9.72. The fraction of sp³-hybridized carbons (Fsp3) is 0.682. The van der Waals surface area contributed by atoms with Crippen molar-refractivity contribution >= 4 is 5.91 Å². The Morgan fingerprint density at radius 3 is 2.76 bits per heavy atom. The Balaban J connectivity index is 1.36. The summed E-state index contributed by atoms with van der Waals surface area (Å²) >= 11 is 0. The number of hydrogen-bond donors (Lipinski definition) is 1. The number of rotatable bonds is 1. The third-order valence-electron chi connectivity index (χ3n) is 7.67. The SMILES string of the molecule is O=C(C1CC12CCNCC2)N1CCCC2(CCCc3ccccc32)C1. The van der Waals surface area contributed by atoms with Gasteiger partial charge >= 0.3 is 0 Å². The van der Waals surface area contributed by atoms with Crippen LogP contribution in [0.2, 0.25) is 0 Å². The second-order valence-corrected chi connectivity index (χ2v) is 9.02. The van der Waals surface area contributed by atoms with Crippen LogP contribution in [0.4, 0.5) is 0 Å². The maximum atomic E-state index is 13.3. The molecule has 3 heteroatoms. The molecule has 4 aliphatic rings. The molecule has 1 N–H and O–H groups in total. The van der Waals surface area contributed by atoms with Crippen molar-refractivity contribution in [3.05, 3.63) is 35.4 Å². The lowest BCUT2D eigenvalue weighted by Gasteiger charge is -2.46. The zero-order chi connectivity index (χ0) is 16.9. The molecule has 0 aromatic heterocycles. The van der Waals surface area contributed by atoms with Gasteiger partial charge in [-0.3, -0.25) is 4.79 Å². The minimum absolute atomic E-state index is 0.235. The molecule has 1 aromatic rings. The van der Waals surface area contributed by atoms with Crippen LogP contribution in [0, 0.1) is 11.3 Å². The molecule has 2 unspecified atom stereocenters. The monoisotopic (exact) mass is 338 g/mol. The summed E-state index contributed by atoms with van der Waals surface area (Å²) < 4.78 is 0. The molecule has 5 rings (SSSR count). The summed E-state index contributed by atoms with van der Waals surface area (Å²) in [6, 6.07) is 9.02. The Hall–Kier alpha value is -1.35. The van der Waals surface area contributed by atoms with E-state index in [0.717, 1.165) is 32.6 Å². The van der Waals surface area contributed by atoms with E-state index in [0.29, 0.717) is 17.2 Å². The minimum Gasteiger partial charge on any atom is -0.342 e. The van der Waals surface area contributed by atoms with Gasteiger partial charge in [-0.25, -0.2) is 0 Å². The van der Waals surface area contributed by atoms with Gasteiger partial charge < -0.3 is 10.2 Å². The van der Waals surface area contributed by atoms with Crippen molar-refractivity contribution in [2.45, 2.75) is 56.8 Å². The molecule has 1 saturated carbocycles. The van der Waals surface area contributed by atoms with E-state index in [1.165, 1.54) is 50.5 Å². The van der Waals surface area contributed by atoms with E-state index in [1.54, 1.807) is 5.56 Å². The summed E-state index contributed by atoms with van der Waals surface area (Å²) in [4.78, 5) is 15.5. The molecule has 2 heterocycles. The third-order valence-corrected chi connectivity index (χ3v) is 7.67.